The summed E-state index contributed by atoms with van der Waals surface area (Å²) in [4.78, 5) is 11.4. The third-order valence-electron chi connectivity index (χ3n) is 3.19. The molecule has 0 unspecified atom stereocenters. The lowest BCUT2D eigenvalue weighted by Crippen LogP contribution is -2.06. The van der Waals surface area contributed by atoms with Gasteiger partial charge < -0.3 is 9.84 Å². The summed E-state index contributed by atoms with van der Waals surface area (Å²) in [5.41, 5.74) is 3.21. The summed E-state index contributed by atoms with van der Waals surface area (Å²) < 4.78 is 4.93. The standard InChI is InChI=1S/C15H18O3/c1-2-18-15(17)10-9-11-5-3-7-13-12(11)6-4-8-14(13)16/h4-6,8,16H,2-3,7,9-10H2,1H3. The molecule has 0 amide bonds. The molecule has 1 aromatic carbocycles. The number of phenols is 1. The average Bonchev–Trinajstić information content (AvgIpc) is 2.37. The SMILES string of the molecule is CCOC(=O)CCC1=CCCc2c(O)cccc21. The first-order chi connectivity index (χ1) is 8.72. The maximum Gasteiger partial charge on any atom is 0.306 e. The van der Waals surface area contributed by atoms with Crippen LogP contribution in [-0.2, 0) is 16.0 Å². The molecule has 0 saturated carbocycles. The van der Waals surface area contributed by atoms with E-state index >= 15 is 0 Å². The molecule has 0 fully saturated rings. The van der Waals surface area contributed by atoms with E-state index in [0.717, 1.165) is 29.5 Å². The topological polar surface area (TPSA) is 46.5 Å². The van der Waals surface area contributed by atoms with Crippen LogP contribution in [0.3, 0.4) is 0 Å². The number of esters is 1. The molecule has 0 bridgehead atoms. The number of rotatable bonds is 4. The molecule has 18 heavy (non-hydrogen) atoms. The third-order valence-corrected chi connectivity index (χ3v) is 3.19. The van der Waals surface area contributed by atoms with E-state index in [9.17, 15) is 9.90 Å². The van der Waals surface area contributed by atoms with Gasteiger partial charge in [-0.05, 0) is 43.4 Å². The number of allylic oxidation sites excluding steroid dienone is 2. The Kier molecular flexibility index (Phi) is 4.03. The molecule has 0 spiro atoms. The predicted molar refractivity (Wildman–Crippen MR) is 70.3 cm³/mol. The molecule has 1 aliphatic carbocycles. The van der Waals surface area contributed by atoms with Gasteiger partial charge in [-0.25, -0.2) is 0 Å². The normalized spacial score (nSPS) is 13.7. The molecule has 0 atom stereocenters. The van der Waals surface area contributed by atoms with Gasteiger partial charge >= 0.3 is 5.97 Å². The van der Waals surface area contributed by atoms with Crippen molar-refractivity contribution >= 4 is 11.5 Å². The molecule has 1 N–H and O–H groups in total. The Labute approximate surface area is 107 Å². The van der Waals surface area contributed by atoms with Crippen LogP contribution in [0.25, 0.3) is 5.57 Å². The minimum Gasteiger partial charge on any atom is -0.508 e. The van der Waals surface area contributed by atoms with E-state index in [2.05, 4.69) is 6.08 Å². The molecule has 3 heteroatoms. The molecule has 2 rings (SSSR count). The first kappa shape index (κ1) is 12.7. The van der Waals surface area contributed by atoms with Crippen molar-refractivity contribution in [2.75, 3.05) is 6.61 Å². The van der Waals surface area contributed by atoms with Crippen LogP contribution >= 0.6 is 0 Å². The lowest BCUT2D eigenvalue weighted by molar-refractivity contribution is -0.142. The summed E-state index contributed by atoms with van der Waals surface area (Å²) in [7, 11) is 0. The second-order valence-corrected chi connectivity index (χ2v) is 4.38. The number of fused-ring (bicyclic) bond motifs is 1. The zero-order chi connectivity index (χ0) is 13.0. The van der Waals surface area contributed by atoms with Crippen LogP contribution < -0.4 is 0 Å². The Morgan fingerprint density at radius 3 is 3.06 bits per heavy atom. The summed E-state index contributed by atoms with van der Waals surface area (Å²) in [6.45, 7) is 2.24. The quantitative estimate of drug-likeness (QED) is 0.830. The van der Waals surface area contributed by atoms with Crippen LogP contribution in [0.15, 0.2) is 24.3 Å². The summed E-state index contributed by atoms with van der Waals surface area (Å²) in [6, 6.07) is 5.57. The Morgan fingerprint density at radius 1 is 1.44 bits per heavy atom. The number of ether oxygens (including phenoxy) is 1. The highest BCUT2D eigenvalue weighted by Crippen LogP contribution is 2.34. The van der Waals surface area contributed by atoms with E-state index in [1.54, 1.807) is 6.07 Å². The molecule has 0 radical (unpaired) electrons. The number of hydrogen-bond acceptors (Lipinski definition) is 3. The van der Waals surface area contributed by atoms with E-state index in [4.69, 9.17) is 4.74 Å². The van der Waals surface area contributed by atoms with E-state index in [1.807, 2.05) is 19.1 Å². The fourth-order valence-corrected chi connectivity index (χ4v) is 2.35. The van der Waals surface area contributed by atoms with Crippen molar-refractivity contribution < 1.29 is 14.6 Å². The molecule has 0 heterocycles. The number of carbonyl (C=O) groups excluding carboxylic acids is 1. The van der Waals surface area contributed by atoms with Gasteiger partial charge in [0.2, 0.25) is 0 Å². The van der Waals surface area contributed by atoms with Gasteiger partial charge in [-0.3, -0.25) is 4.79 Å². The number of aromatic hydroxyl groups is 1. The van der Waals surface area contributed by atoms with E-state index in [0.29, 0.717) is 25.2 Å². The summed E-state index contributed by atoms with van der Waals surface area (Å²) in [5, 5.41) is 9.82. The van der Waals surface area contributed by atoms with Crippen molar-refractivity contribution in [3.63, 3.8) is 0 Å². The van der Waals surface area contributed by atoms with Crippen molar-refractivity contribution in [1.29, 1.82) is 0 Å². The molecule has 3 nitrogen and oxygen atoms in total. The Balaban J connectivity index is 2.09. The lowest BCUT2D eigenvalue weighted by Gasteiger charge is -2.18. The van der Waals surface area contributed by atoms with Gasteiger partial charge in [0.15, 0.2) is 0 Å². The number of hydrogen-bond donors (Lipinski definition) is 1. The number of carbonyl (C=O) groups is 1. The molecular weight excluding hydrogens is 228 g/mol. The maximum atomic E-state index is 11.4. The van der Waals surface area contributed by atoms with Crippen LogP contribution in [0.5, 0.6) is 5.75 Å². The van der Waals surface area contributed by atoms with Gasteiger partial charge in [-0.1, -0.05) is 18.2 Å². The molecule has 96 valence electrons. The lowest BCUT2D eigenvalue weighted by atomic mass is 9.88. The predicted octanol–water partition coefficient (Wildman–Crippen LogP) is 3.07. The Bertz CT molecular complexity index is 475. The fourth-order valence-electron chi connectivity index (χ4n) is 2.35. The minimum absolute atomic E-state index is 0.161. The monoisotopic (exact) mass is 246 g/mol. The molecular formula is C15H18O3. The van der Waals surface area contributed by atoms with Gasteiger partial charge in [0.25, 0.3) is 0 Å². The second-order valence-electron chi connectivity index (χ2n) is 4.38. The van der Waals surface area contributed by atoms with Crippen LogP contribution in [0.2, 0.25) is 0 Å². The van der Waals surface area contributed by atoms with Crippen LogP contribution in [0.4, 0.5) is 0 Å². The van der Waals surface area contributed by atoms with Crippen LogP contribution in [0, 0.1) is 0 Å². The zero-order valence-corrected chi connectivity index (χ0v) is 10.6. The van der Waals surface area contributed by atoms with Crippen molar-refractivity contribution in [2.45, 2.75) is 32.6 Å². The third kappa shape index (κ3) is 2.73. The summed E-state index contributed by atoms with van der Waals surface area (Å²) in [6.07, 6.45) is 5.01. The zero-order valence-electron chi connectivity index (χ0n) is 10.6. The highest BCUT2D eigenvalue weighted by Gasteiger charge is 2.16. The van der Waals surface area contributed by atoms with Gasteiger partial charge in [-0.2, -0.15) is 0 Å². The number of phenolic OH excluding ortho intramolecular Hbond substituents is 1. The summed E-state index contributed by atoms with van der Waals surface area (Å²) >= 11 is 0. The van der Waals surface area contributed by atoms with Crippen LogP contribution in [0.1, 0.15) is 37.3 Å². The number of benzene rings is 1. The molecule has 0 aromatic heterocycles. The molecule has 0 saturated heterocycles. The van der Waals surface area contributed by atoms with E-state index < -0.39 is 0 Å². The van der Waals surface area contributed by atoms with E-state index in [1.165, 1.54) is 0 Å². The van der Waals surface area contributed by atoms with Gasteiger partial charge in [0.1, 0.15) is 5.75 Å². The smallest absolute Gasteiger partial charge is 0.306 e. The fraction of sp³-hybridized carbons (Fsp3) is 0.400. The van der Waals surface area contributed by atoms with Crippen molar-refractivity contribution in [2.24, 2.45) is 0 Å². The average molecular weight is 246 g/mol. The highest BCUT2D eigenvalue weighted by atomic mass is 16.5. The maximum absolute atomic E-state index is 11.4. The first-order valence-corrected chi connectivity index (χ1v) is 6.38. The minimum atomic E-state index is -0.161. The Hall–Kier alpha value is -1.77. The van der Waals surface area contributed by atoms with Crippen molar-refractivity contribution in [3.05, 3.63) is 35.4 Å². The second kappa shape index (κ2) is 5.71. The van der Waals surface area contributed by atoms with Gasteiger partial charge in [-0.15, -0.1) is 0 Å². The molecule has 1 aromatic rings. The molecule has 0 aliphatic heterocycles. The highest BCUT2D eigenvalue weighted by molar-refractivity contribution is 5.76. The molecule has 1 aliphatic rings. The van der Waals surface area contributed by atoms with Crippen molar-refractivity contribution in [1.82, 2.24) is 0 Å². The van der Waals surface area contributed by atoms with E-state index in [-0.39, 0.29) is 5.97 Å². The van der Waals surface area contributed by atoms with Crippen molar-refractivity contribution in [3.8, 4) is 5.75 Å². The summed E-state index contributed by atoms with van der Waals surface area (Å²) in [5.74, 6) is 0.194. The first-order valence-electron chi connectivity index (χ1n) is 6.38. The van der Waals surface area contributed by atoms with Gasteiger partial charge in [0.05, 0.1) is 6.61 Å². The Morgan fingerprint density at radius 2 is 2.28 bits per heavy atom. The largest absolute Gasteiger partial charge is 0.508 e. The van der Waals surface area contributed by atoms with Crippen LogP contribution in [-0.4, -0.2) is 17.7 Å². The van der Waals surface area contributed by atoms with Gasteiger partial charge in [0, 0.05) is 12.0 Å².